The van der Waals surface area contributed by atoms with Crippen LogP contribution in [0.25, 0.3) is 11.3 Å². The van der Waals surface area contributed by atoms with Crippen molar-refractivity contribution in [2.24, 2.45) is 0 Å². The number of carbonyl (C=O) groups excluding carboxylic acids is 1. The van der Waals surface area contributed by atoms with Gasteiger partial charge in [-0.2, -0.15) is 0 Å². The number of aromatic nitrogens is 2. The molecule has 0 saturated heterocycles. The number of aryl methyl sites for hydroxylation is 2. The Morgan fingerprint density at radius 1 is 1.15 bits per heavy atom. The van der Waals surface area contributed by atoms with Gasteiger partial charge >= 0.3 is 0 Å². The number of hydrogen-bond donors (Lipinski definition) is 0. The van der Waals surface area contributed by atoms with E-state index in [1.54, 1.807) is 18.6 Å². The number of rotatable bonds is 7. The first kappa shape index (κ1) is 17.5. The van der Waals surface area contributed by atoms with Gasteiger partial charge in [0.2, 0.25) is 5.91 Å². The Morgan fingerprint density at radius 3 is 2.59 bits per heavy atom. The van der Waals surface area contributed by atoms with Crippen LogP contribution in [-0.2, 0) is 17.8 Å². The molecule has 1 aliphatic rings. The maximum absolute atomic E-state index is 12.8. The molecule has 138 valence electrons. The Morgan fingerprint density at radius 2 is 1.89 bits per heavy atom. The lowest BCUT2D eigenvalue weighted by Crippen LogP contribution is -2.32. The molecule has 0 radical (unpaired) electrons. The van der Waals surface area contributed by atoms with Crippen molar-refractivity contribution >= 4 is 5.91 Å². The van der Waals surface area contributed by atoms with Gasteiger partial charge in [0, 0.05) is 43.4 Å². The minimum Gasteiger partial charge on any atom is -0.441 e. The van der Waals surface area contributed by atoms with E-state index in [1.165, 1.54) is 5.56 Å². The van der Waals surface area contributed by atoms with Gasteiger partial charge in [0.15, 0.2) is 11.7 Å². The molecular formula is C22H23N3O2. The van der Waals surface area contributed by atoms with E-state index in [-0.39, 0.29) is 5.91 Å². The number of pyridine rings is 1. The van der Waals surface area contributed by atoms with Crippen molar-refractivity contribution < 1.29 is 9.21 Å². The molecule has 3 aromatic rings. The Bertz CT molecular complexity index is 899. The Kier molecular flexibility index (Phi) is 5.01. The SMILES string of the molecule is Cc1ccc(-c2cnc(CCC(=O)N(Cc3ccncc3)C3CC3)o2)cc1. The maximum Gasteiger partial charge on any atom is 0.223 e. The van der Waals surface area contributed by atoms with E-state index in [2.05, 4.69) is 16.9 Å². The summed E-state index contributed by atoms with van der Waals surface area (Å²) < 4.78 is 5.84. The molecule has 0 aliphatic heterocycles. The minimum atomic E-state index is 0.157. The molecule has 0 bridgehead atoms. The standard InChI is InChI=1S/C22H23N3O2/c1-16-2-4-18(5-3-16)20-14-24-21(27-20)8-9-22(26)25(19-6-7-19)15-17-10-12-23-13-11-17/h2-5,10-14,19H,6-9,15H2,1H3. The number of oxazole rings is 1. The summed E-state index contributed by atoms with van der Waals surface area (Å²) in [4.78, 5) is 23.1. The lowest BCUT2D eigenvalue weighted by atomic mass is 10.1. The smallest absolute Gasteiger partial charge is 0.223 e. The highest BCUT2D eigenvalue weighted by Gasteiger charge is 2.32. The summed E-state index contributed by atoms with van der Waals surface area (Å²) in [5.41, 5.74) is 3.32. The van der Waals surface area contributed by atoms with Crippen LogP contribution in [0.4, 0.5) is 0 Å². The van der Waals surface area contributed by atoms with Crippen molar-refractivity contribution in [1.29, 1.82) is 0 Å². The fourth-order valence-corrected chi connectivity index (χ4v) is 3.13. The van der Waals surface area contributed by atoms with Crippen molar-refractivity contribution in [1.82, 2.24) is 14.9 Å². The zero-order valence-electron chi connectivity index (χ0n) is 15.5. The molecule has 0 N–H and O–H groups in total. The summed E-state index contributed by atoms with van der Waals surface area (Å²) in [5.74, 6) is 1.51. The van der Waals surface area contributed by atoms with Crippen molar-refractivity contribution in [3.05, 3.63) is 72.0 Å². The molecule has 1 aromatic carbocycles. The van der Waals surface area contributed by atoms with Gasteiger partial charge in [-0.1, -0.05) is 29.8 Å². The zero-order valence-corrected chi connectivity index (χ0v) is 15.5. The molecule has 0 atom stereocenters. The lowest BCUT2D eigenvalue weighted by molar-refractivity contribution is -0.132. The summed E-state index contributed by atoms with van der Waals surface area (Å²) in [6, 6.07) is 12.4. The third-order valence-electron chi connectivity index (χ3n) is 4.85. The predicted molar refractivity (Wildman–Crippen MR) is 103 cm³/mol. The Labute approximate surface area is 159 Å². The molecule has 2 heterocycles. The molecule has 2 aromatic heterocycles. The monoisotopic (exact) mass is 361 g/mol. The molecule has 27 heavy (non-hydrogen) atoms. The first-order valence-electron chi connectivity index (χ1n) is 9.39. The first-order valence-corrected chi connectivity index (χ1v) is 9.39. The molecule has 1 saturated carbocycles. The van der Waals surface area contributed by atoms with Crippen LogP contribution >= 0.6 is 0 Å². The highest BCUT2D eigenvalue weighted by atomic mass is 16.4. The second-order valence-electron chi connectivity index (χ2n) is 7.09. The van der Waals surface area contributed by atoms with E-state index < -0.39 is 0 Å². The molecule has 1 amide bonds. The van der Waals surface area contributed by atoms with Gasteiger partial charge in [0.05, 0.1) is 6.20 Å². The van der Waals surface area contributed by atoms with Crippen LogP contribution in [0.3, 0.4) is 0 Å². The molecule has 5 nitrogen and oxygen atoms in total. The van der Waals surface area contributed by atoms with E-state index in [0.717, 1.165) is 29.7 Å². The highest BCUT2D eigenvalue weighted by molar-refractivity contribution is 5.77. The van der Waals surface area contributed by atoms with Gasteiger partial charge in [-0.15, -0.1) is 0 Å². The molecule has 0 spiro atoms. The summed E-state index contributed by atoms with van der Waals surface area (Å²) in [6.07, 6.45) is 8.38. The summed E-state index contributed by atoms with van der Waals surface area (Å²) in [6.45, 7) is 2.70. The van der Waals surface area contributed by atoms with Gasteiger partial charge in [0.1, 0.15) is 0 Å². The van der Waals surface area contributed by atoms with Crippen molar-refractivity contribution in [2.45, 2.75) is 45.2 Å². The van der Waals surface area contributed by atoms with E-state index in [9.17, 15) is 4.79 Å². The Balaban J connectivity index is 1.37. The van der Waals surface area contributed by atoms with E-state index in [0.29, 0.717) is 31.3 Å². The average Bonchev–Trinajstić information content (AvgIpc) is 3.43. The minimum absolute atomic E-state index is 0.157. The summed E-state index contributed by atoms with van der Waals surface area (Å²) in [5, 5.41) is 0. The summed E-state index contributed by atoms with van der Waals surface area (Å²) >= 11 is 0. The Hall–Kier alpha value is -2.95. The molecule has 4 rings (SSSR count). The van der Waals surface area contributed by atoms with Crippen LogP contribution in [-0.4, -0.2) is 26.8 Å². The predicted octanol–water partition coefficient (Wildman–Crippen LogP) is 4.17. The van der Waals surface area contributed by atoms with Crippen molar-refractivity contribution in [3.63, 3.8) is 0 Å². The van der Waals surface area contributed by atoms with Gasteiger partial charge in [-0.3, -0.25) is 9.78 Å². The molecule has 5 heteroatoms. The normalized spacial score (nSPS) is 13.5. The fraction of sp³-hybridized carbons (Fsp3) is 0.318. The molecule has 0 unspecified atom stereocenters. The number of amides is 1. The highest BCUT2D eigenvalue weighted by Crippen LogP contribution is 2.29. The van der Waals surface area contributed by atoms with Crippen LogP contribution in [0, 0.1) is 6.92 Å². The zero-order chi connectivity index (χ0) is 18.6. The summed E-state index contributed by atoms with van der Waals surface area (Å²) in [7, 11) is 0. The van der Waals surface area contributed by atoms with E-state index in [4.69, 9.17) is 4.42 Å². The molecule has 1 fully saturated rings. The van der Waals surface area contributed by atoms with Crippen LogP contribution in [0.15, 0.2) is 59.4 Å². The second kappa shape index (κ2) is 7.74. The molecule has 1 aliphatic carbocycles. The van der Waals surface area contributed by atoms with Crippen LogP contribution in [0.2, 0.25) is 0 Å². The second-order valence-corrected chi connectivity index (χ2v) is 7.09. The number of nitrogens with zero attached hydrogens (tertiary/aromatic N) is 3. The van der Waals surface area contributed by atoms with E-state index in [1.807, 2.05) is 41.3 Å². The fourth-order valence-electron chi connectivity index (χ4n) is 3.13. The van der Waals surface area contributed by atoms with Crippen LogP contribution in [0.1, 0.15) is 36.3 Å². The number of carbonyl (C=O) groups is 1. The van der Waals surface area contributed by atoms with Crippen molar-refractivity contribution in [2.75, 3.05) is 0 Å². The van der Waals surface area contributed by atoms with Gasteiger partial charge in [-0.05, 0) is 37.5 Å². The van der Waals surface area contributed by atoms with Crippen LogP contribution in [0.5, 0.6) is 0 Å². The number of hydrogen-bond acceptors (Lipinski definition) is 4. The lowest BCUT2D eigenvalue weighted by Gasteiger charge is -2.22. The van der Waals surface area contributed by atoms with E-state index >= 15 is 0 Å². The third-order valence-corrected chi connectivity index (χ3v) is 4.85. The number of benzene rings is 1. The molecular weight excluding hydrogens is 338 g/mol. The van der Waals surface area contributed by atoms with Crippen LogP contribution < -0.4 is 0 Å². The first-order chi connectivity index (χ1) is 13.2. The maximum atomic E-state index is 12.8. The van der Waals surface area contributed by atoms with Gasteiger partial charge < -0.3 is 9.32 Å². The topological polar surface area (TPSA) is 59.2 Å². The largest absolute Gasteiger partial charge is 0.441 e. The van der Waals surface area contributed by atoms with Gasteiger partial charge in [-0.25, -0.2) is 4.98 Å². The third kappa shape index (κ3) is 4.42. The van der Waals surface area contributed by atoms with Crippen molar-refractivity contribution in [3.8, 4) is 11.3 Å². The average molecular weight is 361 g/mol. The van der Waals surface area contributed by atoms with Gasteiger partial charge in [0.25, 0.3) is 0 Å². The quantitative estimate of drug-likeness (QED) is 0.634.